The van der Waals surface area contributed by atoms with Crippen molar-refractivity contribution >= 4 is 17.7 Å². The third-order valence-electron chi connectivity index (χ3n) is 3.38. The third kappa shape index (κ3) is 3.36. The minimum atomic E-state index is 0.757. The van der Waals surface area contributed by atoms with E-state index in [0.29, 0.717) is 0 Å². The molecule has 7 heteroatoms. The molecule has 0 aliphatic carbocycles. The number of nitrogens with zero attached hydrogens (tertiary/aromatic N) is 5. The Morgan fingerprint density at radius 2 is 2.10 bits per heavy atom. The molecule has 2 aromatic heterocycles. The molecule has 112 valence electrons. The molecule has 21 heavy (non-hydrogen) atoms. The molecule has 0 spiro atoms. The molecule has 0 N–H and O–H groups in total. The quantitative estimate of drug-likeness (QED) is 0.786. The molecule has 0 aromatic carbocycles. The Bertz CT molecular complexity index is 568. The SMILES string of the molecule is CCn1c(SCc2ccccn2)nnc1N1CCOCC1. The van der Waals surface area contributed by atoms with Gasteiger partial charge >= 0.3 is 0 Å². The van der Waals surface area contributed by atoms with Gasteiger partial charge in [0.2, 0.25) is 5.95 Å². The van der Waals surface area contributed by atoms with E-state index in [1.54, 1.807) is 11.8 Å². The van der Waals surface area contributed by atoms with Gasteiger partial charge in [-0.1, -0.05) is 17.8 Å². The Hall–Kier alpha value is -1.60. The fourth-order valence-corrected chi connectivity index (χ4v) is 3.20. The minimum Gasteiger partial charge on any atom is -0.378 e. The van der Waals surface area contributed by atoms with Crippen LogP contribution in [0.2, 0.25) is 0 Å². The summed E-state index contributed by atoms with van der Waals surface area (Å²) in [6.07, 6.45) is 1.82. The largest absolute Gasteiger partial charge is 0.378 e. The normalized spacial score (nSPS) is 15.4. The molecule has 2 aromatic rings. The first-order chi connectivity index (χ1) is 10.4. The summed E-state index contributed by atoms with van der Waals surface area (Å²) in [7, 11) is 0. The number of hydrogen-bond acceptors (Lipinski definition) is 6. The lowest BCUT2D eigenvalue weighted by Gasteiger charge is -2.27. The van der Waals surface area contributed by atoms with Crippen molar-refractivity contribution in [2.24, 2.45) is 0 Å². The van der Waals surface area contributed by atoms with E-state index in [9.17, 15) is 0 Å². The van der Waals surface area contributed by atoms with Crippen molar-refractivity contribution in [3.05, 3.63) is 30.1 Å². The van der Waals surface area contributed by atoms with Gasteiger partial charge in [0.1, 0.15) is 0 Å². The van der Waals surface area contributed by atoms with Gasteiger partial charge in [-0.3, -0.25) is 9.55 Å². The predicted molar refractivity (Wildman–Crippen MR) is 82.5 cm³/mol. The van der Waals surface area contributed by atoms with E-state index >= 15 is 0 Å². The van der Waals surface area contributed by atoms with Crippen LogP contribution in [0.3, 0.4) is 0 Å². The maximum absolute atomic E-state index is 5.39. The van der Waals surface area contributed by atoms with E-state index in [2.05, 4.69) is 31.6 Å². The number of morpholine rings is 1. The first-order valence-corrected chi connectivity index (χ1v) is 8.15. The van der Waals surface area contributed by atoms with Crippen LogP contribution in [-0.4, -0.2) is 46.1 Å². The highest BCUT2D eigenvalue weighted by atomic mass is 32.2. The van der Waals surface area contributed by atoms with Crippen LogP contribution in [0.25, 0.3) is 0 Å². The highest BCUT2D eigenvalue weighted by Gasteiger charge is 2.19. The highest BCUT2D eigenvalue weighted by Crippen LogP contribution is 2.24. The smallest absolute Gasteiger partial charge is 0.228 e. The molecule has 0 radical (unpaired) electrons. The van der Waals surface area contributed by atoms with Crippen LogP contribution in [0.4, 0.5) is 5.95 Å². The van der Waals surface area contributed by atoms with Crippen molar-refractivity contribution in [3.63, 3.8) is 0 Å². The van der Waals surface area contributed by atoms with E-state index in [4.69, 9.17) is 4.74 Å². The third-order valence-corrected chi connectivity index (χ3v) is 4.38. The fourth-order valence-electron chi connectivity index (χ4n) is 2.28. The number of anilines is 1. The van der Waals surface area contributed by atoms with Gasteiger partial charge in [-0.2, -0.15) is 0 Å². The monoisotopic (exact) mass is 305 g/mol. The molecule has 1 saturated heterocycles. The second kappa shape index (κ2) is 6.91. The van der Waals surface area contributed by atoms with Crippen LogP contribution >= 0.6 is 11.8 Å². The van der Waals surface area contributed by atoms with Gasteiger partial charge in [-0.25, -0.2) is 0 Å². The van der Waals surface area contributed by atoms with Gasteiger partial charge in [-0.05, 0) is 19.1 Å². The summed E-state index contributed by atoms with van der Waals surface area (Å²) < 4.78 is 7.56. The standard InChI is InChI=1S/C14H19N5OS/c1-2-19-13(18-7-9-20-10-8-18)16-17-14(19)21-11-12-5-3-4-6-15-12/h3-6H,2,7-11H2,1H3. The van der Waals surface area contributed by atoms with Crippen molar-refractivity contribution in [2.45, 2.75) is 24.4 Å². The first-order valence-electron chi connectivity index (χ1n) is 7.17. The molecule has 1 aliphatic rings. The highest BCUT2D eigenvalue weighted by molar-refractivity contribution is 7.98. The summed E-state index contributed by atoms with van der Waals surface area (Å²) in [6, 6.07) is 5.97. The lowest BCUT2D eigenvalue weighted by Crippen LogP contribution is -2.38. The summed E-state index contributed by atoms with van der Waals surface area (Å²) in [6.45, 7) is 6.26. The van der Waals surface area contributed by atoms with Crippen LogP contribution in [0, 0.1) is 0 Å². The maximum Gasteiger partial charge on any atom is 0.228 e. The van der Waals surface area contributed by atoms with Crippen molar-refractivity contribution in [3.8, 4) is 0 Å². The van der Waals surface area contributed by atoms with Crippen LogP contribution in [-0.2, 0) is 17.0 Å². The number of thioether (sulfide) groups is 1. The number of aromatic nitrogens is 4. The molecular weight excluding hydrogens is 286 g/mol. The summed E-state index contributed by atoms with van der Waals surface area (Å²) in [5.41, 5.74) is 1.06. The Balaban J connectivity index is 1.72. The molecule has 3 rings (SSSR count). The Morgan fingerprint density at radius 3 is 2.81 bits per heavy atom. The van der Waals surface area contributed by atoms with Crippen molar-refractivity contribution in [2.75, 3.05) is 31.2 Å². The van der Waals surface area contributed by atoms with Crippen LogP contribution in [0.1, 0.15) is 12.6 Å². The van der Waals surface area contributed by atoms with E-state index in [0.717, 1.165) is 55.4 Å². The number of ether oxygens (including phenoxy) is 1. The van der Waals surface area contributed by atoms with Gasteiger partial charge in [-0.15, -0.1) is 10.2 Å². The number of pyridine rings is 1. The van der Waals surface area contributed by atoms with E-state index < -0.39 is 0 Å². The molecule has 0 saturated carbocycles. The lowest BCUT2D eigenvalue weighted by molar-refractivity contribution is 0.121. The van der Waals surface area contributed by atoms with Crippen molar-refractivity contribution in [1.82, 2.24) is 19.7 Å². The summed E-state index contributed by atoms with van der Waals surface area (Å²) in [5, 5.41) is 9.66. The molecule has 0 atom stereocenters. The average Bonchev–Trinajstić information content (AvgIpc) is 2.97. The zero-order valence-electron chi connectivity index (χ0n) is 12.1. The zero-order valence-corrected chi connectivity index (χ0v) is 12.9. The fraction of sp³-hybridized carbons (Fsp3) is 0.500. The Labute approximate surface area is 128 Å². The van der Waals surface area contributed by atoms with Gasteiger partial charge in [0.05, 0.1) is 18.9 Å². The minimum absolute atomic E-state index is 0.757. The Kier molecular flexibility index (Phi) is 4.72. The topological polar surface area (TPSA) is 56.1 Å². The molecular formula is C14H19N5OS. The molecule has 1 aliphatic heterocycles. The van der Waals surface area contributed by atoms with Crippen LogP contribution < -0.4 is 4.90 Å². The summed E-state index contributed by atoms with van der Waals surface area (Å²) in [5.74, 6) is 1.76. The van der Waals surface area contributed by atoms with E-state index in [1.165, 1.54) is 0 Å². The van der Waals surface area contributed by atoms with Crippen molar-refractivity contribution in [1.29, 1.82) is 0 Å². The molecule has 6 nitrogen and oxygen atoms in total. The summed E-state index contributed by atoms with van der Waals surface area (Å²) >= 11 is 1.68. The molecule has 1 fully saturated rings. The van der Waals surface area contributed by atoms with E-state index in [1.807, 2.05) is 24.4 Å². The molecule has 0 amide bonds. The van der Waals surface area contributed by atoms with Gasteiger partial charge in [0.25, 0.3) is 0 Å². The molecule has 3 heterocycles. The second-order valence-corrected chi connectivity index (χ2v) is 5.68. The average molecular weight is 305 g/mol. The second-order valence-electron chi connectivity index (χ2n) is 4.74. The van der Waals surface area contributed by atoms with E-state index in [-0.39, 0.29) is 0 Å². The Morgan fingerprint density at radius 1 is 1.24 bits per heavy atom. The van der Waals surface area contributed by atoms with Gasteiger partial charge < -0.3 is 9.64 Å². The first kappa shape index (κ1) is 14.3. The van der Waals surface area contributed by atoms with Gasteiger partial charge in [0.15, 0.2) is 5.16 Å². The van der Waals surface area contributed by atoms with Gasteiger partial charge in [0, 0.05) is 31.6 Å². The van der Waals surface area contributed by atoms with Crippen LogP contribution in [0.5, 0.6) is 0 Å². The summed E-state index contributed by atoms with van der Waals surface area (Å²) in [4.78, 5) is 6.58. The lowest BCUT2D eigenvalue weighted by atomic mass is 10.4. The number of rotatable bonds is 5. The maximum atomic E-state index is 5.39. The molecule has 0 bridgehead atoms. The van der Waals surface area contributed by atoms with Crippen molar-refractivity contribution < 1.29 is 4.74 Å². The zero-order chi connectivity index (χ0) is 14.5. The molecule has 0 unspecified atom stereocenters. The number of hydrogen-bond donors (Lipinski definition) is 0. The van der Waals surface area contributed by atoms with Crippen LogP contribution in [0.15, 0.2) is 29.6 Å². The predicted octanol–water partition coefficient (Wildman–Crippen LogP) is 1.82.